The third kappa shape index (κ3) is 16.2. The van der Waals surface area contributed by atoms with Crippen LogP contribution in [0.15, 0.2) is 66.6 Å². The monoisotopic (exact) mass is 1270 g/mol. The summed E-state index contributed by atoms with van der Waals surface area (Å²) < 4.78 is 5.70. The number of fused-ring (bicyclic) bond motifs is 4. The average molecular weight is 1270 g/mol. The van der Waals surface area contributed by atoms with E-state index < -0.39 is 200 Å². The van der Waals surface area contributed by atoms with Gasteiger partial charge in [0, 0.05) is 58.8 Å². The van der Waals surface area contributed by atoms with Crippen molar-refractivity contribution in [2.75, 3.05) is 26.2 Å². The molecule has 3 saturated heterocycles. The second-order valence-electron chi connectivity index (χ2n) is 23.1. The minimum atomic E-state index is -2.19. The summed E-state index contributed by atoms with van der Waals surface area (Å²) in [5, 5.41) is 85.0. The third-order valence-corrected chi connectivity index (χ3v) is 16.2. The van der Waals surface area contributed by atoms with E-state index in [1.54, 1.807) is 61.7 Å². The Morgan fingerprint density at radius 2 is 1.33 bits per heavy atom. The molecule has 3 aliphatic rings. The van der Waals surface area contributed by atoms with Crippen molar-refractivity contribution < 1.29 is 92.9 Å². The second kappa shape index (κ2) is 30.0. The molecule has 0 aliphatic carbocycles. The van der Waals surface area contributed by atoms with Gasteiger partial charge in [-0.3, -0.25) is 52.7 Å². The van der Waals surface area contributed by atoms with E-state index in [2.05, 4.69) is 52.5 Å². The van der Waals surface area contributed by atoms with Gasteiger partial charge in [-0.05, 0) is 63.3 Å². The second-order valence-corrected chi connectivity index (χ2v) is 23.1. The van der Waals surface area contributed by atoms with Crippen molar-refractivity contribution in [1.82, 2.24) is 62.3 Å². The lowest BCUT2D eigenvalue weighted by Crippen LogP contribution is -2.64. The standard InChI is InChI=1S/C59H77N13O19/c1-25(2)49(79)46-57(87)72-18-16-40(76)48(72)59(90)91-29(6)45(69-52(82)38(24-73)65-41(77)20-34(60)58(88)89)55(85)68-44(28(5)74)54(84)64-27(4)50(80)63-23-42(78)71-17-15-39(75)47(71)56(86)66-37(19-30-21-61-35-13-9-7-11-31(30)35)51(81)67-43(53(83)70-46)26(3)33-22-62-36-14-10-8-12-32(33)36/h7-14,19,21-22,25-29,34,38-40,43-49,61-62,73-76,79H,15-18,20,23-24,60H2,1-6H3,(H,63,80)(H,64,84)(H,65,77)(H,66,86)(H,67,81)(H,68,85)(H,69,82)(H,70,83)(H,88,89)/b37-19-/t26-,27-,28-,29+,34-,38-,39-,40+,43-,44-,45?,46-,47-,48-,49-/m0/s1. The van der Waals surface area contributed by atoms with Crippen LogP contribution < -0.4 is 48.3 Å². The molecule has 2 aromatic heterocycles. The van der Waals surface area contributed by atoms with Crippen LogP contribution in [0.1, 0.15) is 77.8 Å². The summed E-state index contributed by atoms with van der Waals surface area (Å²) in [6.07, 6.45) is -5.75. The number of nitrogens with one attached hydrogen (secondary N) is 10. The smallest absolute Gasteiger partial charge is 0.331 e. The molecule has 0 bridgehead atoms. The minimum Gasteiger partial charge on any atom is -0.480 e. The molecule has 492 valence electrons. The van der Waals surface area contributed by atoms with Crippen LogP contribution in [0, 0.1) is 5.92 Å². The van der Waals surface area contributed by atoms with Gasteiger partial charge >= 0.3 is 11.9 Å². The highest BCUT2D eigenvalue weighted by molar-refractivity contribution is 6.07. The maximum atomic E-state index is 15.3. The fraction of sp³-hybridized carbons (Fsp3) is 0.492. The predicted octanol–water partition coefficient (Wildman–Crippen LogP) is -4.98. The van der Waals surface area contributed by atoms with Gasteiger partial charge in [-0.2, -0.15) is 0 Å². The number of amides is 10. The predicted molar refractivity (Wildman–Crippen MR) is 319 cm³/mol. The molecule has 0 radical (unpaired) electrons. The first-order valence-corrected chi connectivity index (χ1v) is 29.4. The lowest BCUT2D eigenvalue weighted by atomic mass is 9.91. The highest BCUT2D eigenvalue weighted by atomic mass is 16.5. The van der Waals surface area contributed by atoms with Crippen LogP contribution in [0.5, 0.6) is 0 Å². The molecule has 0 spiro atoms. The number of nitrogens with zero attached hydrogens (tertiary/aromatic N) is 2. The van der Waals surface area contributed by atoms with E-state index in [-0.39, 0.29) is 19.4 Å². The van der Waals surface area contributed by atoms with Gasteiger partial charge in [0.1, 0.15) is 60.1 Å². The fourth-order valence-electron chi connectivity index (χ4n) is 10.9. The number of rotatable bonds is 13. The number of aliphatic hydroxyl groups excluding tert-OH is 5. The molecule has 7 rings (SSSR count). The van der Waals surface area contributed by atoms with Crippen molar-refractivity contribution in [1.29, 1.82) is 0 Å². The SMILES string of the molecule is CC(C)[C@H](O)[C@@H]1NC(=O)[C@H]([C@@H](C)c2c[nH]c3ccccc23)NC(=O)/C(=C/c2c[nH]c3ccccc23)NC(=O)[C@@H]2[C@@H](O)CCN2C(=O)CNC(=O)[C@H](C)NC(=O)[C@H]([C@H](C)O)NC(=O)C(NC(=O)[C@H](CO)NC(=O)C[C@H](N)C(=O)O)[C@@H](C)OC(=O)[C@@H]2[C@H](O)CCN2C1=O. The summed E-state index contributed by atoms with van der Waals surface area (Å²) >= 11 is 0. The summed E-state index contributed by atoms with van der Waals surface area (Å²) in [5.74, 6) is -16.5. The number of carbonyl (C=O) groups is 12. The Balaban J connectivity index is 1.31. The molecule has 3 fully saturated rings. The molecule has 5 heterocycles. The molecule has 0 saturated carbocycles. The van der Waals surface area contributed by atoms with Crippen molar-refractivity contribution in [2.24, 2.45) is 11.7 Å². The number of esters is 1. The number of carbonyl (C=O) groups excluding carboxylic acids is 11. The lowest BCUT2D eigenvalue weighted by molar-refractivity contribution is -0.164. The maximum Gasteiger partial charge on any atom is 0.331 e. The Morgan fingerprint density at radius 1 is 0.736 bits per heavy atom. The number of cyclic esters (lactones) is 1. The number of carboxylic acid groups (broad SMARTS) is 1. The van der Waals surface area contributed by atoms with E-state index in [1.807, 2.05) is 0 Å². The van der Waals surface area contributed by atoms with E-state index in [0.29, 0.717) is 32.9 Å². The molecule has 32 heteroatoms. The largest absolute Gasteiger partial charge is 0.480 e. The zero-order valence-corrected chi connectivity index (χ0v) is 50.5. The number of benzene rings is 2. The number of hydrogen-bond donors (Lipinski definition) is 17. The molecule has 18 N–H and O–H groups in total. The summed E-state index contributed by atoms with van der Waals surface area (Å²) in [6, 6.07) is -2.95. The van der Waals surface area contributed by atoms with Gasteiger partial charge < -0.3 is 103 Å². The zero-order valence-electron chi connectivity index (χ0n) is 50.5. The molecule has 10 amide bonds. The number of aliphatic hydroxyl groups is 5. The molecule has 15 atom stereocenters. The molecule has 2 aromatic carbocycles. The number of hydrogen-bond acceptors (Lipinski definition) is 19. The first kappa shape index (κ1) is 69.1. The van der Waals surface area contributed by atoms with Crippen molar-refractivity contribution in [3.8, 4) is 0 Å². The number of H-pyrrole nitrogens is 2. The molecular formula is C59H77N13O19. The highest BCUT2D eigenvalue weighted by Gasteiger charge is 2.49. The van der Waals surface area contributed by atoms with Gasteiger partial charge in [0.05, 0.1) is 44.0 Å². The van der Waals surface area contributed by atoms with Gasteiger partial charge in [0.2, 0.25) is 53.2 Å². The minimum absolute atomic E-state index is 0.153. The van der Waals surface area contributed by atoms with Crippen LogP contribution in [0.2, 0.25) is 0 Å². The Bertz CT molecular complexity index is 3460. The molecular weight excluding hydrogens is 1190 g/mol. The Hall–Kier alpha value is -9.34. The number of aromatic amines is 2. The Labute approximate surface area is 519 Å². The van der Waals surface area contributed by atoms with Crippen LogP contribution in [0.4, 0.5) is 0 Å². The topological polar surface area (TPSA) is 496 Å². The quantitative estimate of drug-likeness (QED) is 0.0440. The van der Waals surface area contributed by atoms with Crippen molar-refractivity contribution in [2.45, 2.75) is 152 Å². The number of aromatic nitrogens is 2. The van der Waals surface area contributed by atoms with Gasteiger partial charge in [0.25, 0.3) is 5.91 Å². The summed E-state index contributed by atoms with van der Waals surface area (Å²) in [7, 11) is 0. The van der Waals surface area contributed by atoms with Gasteiger partial charge in [0.15, 0.2) is 6.04 Å². The van der Waals surface area contributed by atoms with E-state index in [0.717, 1.165) is 30.6 Å². The van der Waals surface area contributed by atoms with Crippen molar-refractivity contribution >= 4 is 98.9 Å². The Morgan fingerprint density at radius 3 is 1.97 bits per heavy atom. The molecule has 4 aromatic rings. The van der Waals surface area contributed by atoms with E-state index in [1.165, 1.54) is 26.1 Å². The number of aliphatic carboxylic acids is 1. The fourth-order valence-corrected chi connectivity index (χ4v) is 10.9. The van der Waals surface area contributed by atoms with Crippen LogP contribution in [-0.4, -0.2) is 233 Å². The molecule has 91 heavy (non-hydrogen) atoms. The molecule has 32 nitrogen and oxygen atoms in total. The average Bonchev–Trinajstić information content (AvgIpc) is 2.13. The van der Waals surface area contributed by atoms with Gasteiger partial charge in [-0.15, -0.1) is 0 Å². The van der Waals surface area contributed by atoms with E-state index >= 15 is 14.4 Å². The summed E-state index contributed by atoms with van der Waals surface area (Å²) in [5.41, 5.74) is 7.01. The number of nitrogens with two attached hydrogens (primary N) is 1. The van der Waals surface area contributed by atoms with Crippen molar-refractivity contribution in [3.63, 3.8) is 0 Å². The zero-order chi connectivity index (χ0) is 66.9. The van der Waals surface area contributed by atoms with Crippen LogP contribution >= 0.6 is 0 Å². The van der Waals surface area contributed by atoms with E-state index in [9.17, 15) is 73.8 Å². The van der Waals surface area contributed by atoms with Crippen molar-refractivity contribution in [3.05, 3.63) is 77.7 Å². The first-order valence-electron chi connectivity index (χ1n) is 29.4. The lowest BCUT2D eigenvalue weighted by Gasteiger charge is -2.35. The van der Waals surface area contributed by atoms with Crippen LogP contribution in [0.25, 0.3) is 27.9 Å². The summed E-state index contributed by atoms with van der Waals surface area (Å²) in [4.78, 5) is 176. The number of carboxylic acids is 1. The summed E-state index contributed by atoms with van der Waals surface area (Å²) in [6.45, 7) is 5.13. The highest BCUT2D eigenvalue weighted by Crippen LogP contribution is 2.30. The van der Waals surface area contributed by atoms with Gasteiger partial charge in [-0.25, -0.2) is 4.79 Å². The normalized spacial score (nSPS) is 27.0. The maximum absolute atomic E-state index is 15.3. The molecule has 3 aliphatic heterocycles. The Kier molecular flexibility index (Phi) is 22.8. The van der Waals surface area contributed by atoms with Crippen LogP contribution in [0.3, 0.4) is 0 Å². The van der Waals surface area contributed by atoms with Gasteiger partial charge in [-0.1, -0.05) is 57.2 Å². The molecule has 1 unspecified atom stereocenters. The number of ether oxygens (including phenoxy) is 1. The van der Waals surface area contributed by atoms with Crippen LogP contribution in [-0.2, 0) is 62.3 Å². The third-order valence-electron chi connectivity index (χ3n) is 16.2. The first-order chi connectivity index (χ1) is 43.0. The number of para-hydroxylation sites is 2. The van der Waals surface area contributed by atoms with E-state index in [4.69, 9.17) is 10.5 Å².